The molecular formula is C15H14FN3. The van der Waals surface area contributed by atoms with Crippen LogP contribution in [0, 0.1) is 24.1 Å². The van der Waals surface area contributed by atoms with Crippen LogP contribution in [-0.2, 0) is 0 Å². The van der Waals surface area contributed by atoms with Crippen LogP contribution in [0.2, 0.25) is 0 Å². The van der Waals surface area contributed by atoms with E-state index < -0.39 is 0 Å². The average Bonchev–Trinajstić information content (AvgIpc) is 2.39. The Morgan fingerprint density at radius 2 is 2.11 bits per heavy atom. The van der Waals surface area contributed by atoms with Crippen LogP contribution >= 0.6 is 0 Å². The van der Waals surface area contributed by atoms with Gasteiger partial charge in [-0.3, -0.25) is 0 Å². The molecule has 0 saturated carbocycles. The molecule has 0 aliphatic carbocycles. The molecule has 1 atom stereocenters. The molecule has 1 unspecified atom stereocenters. The Hall–Kier alpha value is -2.41. The largest absolute Gasteiger partial charge is 0.362 e. The standard InChI is InChI=1S/C15H14FN3/c1-10-6-7-13(9-17)15(18-10)19-11(2)12-4-3-5-14(16)8-12/h3-8,11H,1-2H3,(H,18,19). The Kier molecular flexibility index (Phi) is 3.76. The minimum Gasteiger partial charge on any atom is -0.362 e. The number of benzene rings is 1. The lowest BCUT2D eigenvalue weighted by Gasteiger charge is -2.16. The number of nitriles is 1. The van der Waals surface area contributed by atoms with Gasteiger partial charge in [-0.25, -0.2) is 9.37 Å². The van der Waals surface area contributed by atoms with Gasteiger partial charge in [-0.15, -0.1) is 0 Å². The molecule has 0 spiro atoms. The van der Waals surface area contributed by atoms with Crippen molar-refractivity contribution in [3.8, 4) is 6.07 Å². The highest BCUT2D eigenvalue weighted by Gasteiger charge is 2.10. The topological polar surface area (TPSA) is 48.7 Å². The minimum atomic E-state index is -0.274. The maximum atomic E-state index is 13.2. The molecular weight excluding hydrogens is 241 g/mol. The number of aromatic nitrogens is 1. The number of pyridine rings is 1. The van der Waals surface area contributed by atoms with Crippen molar-refractivity contribution in [1.29, 1.82) is 5.26 Å². The van der Waals surface area contributed by atoms with E-state index in [0.717, 1.165) is 11.3 Å². The number of nitrogens with zero attached hydrogens (tertiary/aromatic N) is 2. The molecule has 3 nitrogen and oxygen atoms in total. The highest BCUT2D eigenvalue weighted by atomic mass is 19.1. The molecule has 0 radical (unpaired) electrons. The van der Waals surface area contributed by atoms with Crippen LogP contribution in [0.15, 0.2) is 36.4 Å². The van der Waals surface area contributed by atoms with Crippen molar-refractivity contribution >= 4 is 5.82 Å². The highest BCUT2D eigenvalue weighted by Crippen LogP contribution is 2.21. The van der Waals surface area contributed by atoms with Gasteiger partial charge in [0, 0.05) is 5.69 Å². The summed E-state index contributed by atoms with van der Waals surface area (Å²) < 4.78 is 13.2. The molecule has 0 aliphatic rings. The van der Waals surface area contributed by atoms with E-state index >= 15 is 0 Å². The summed E-state index contributed by atoms with van der Waals surface area (Å²) in [4.78, 5) is 4.30. The van der Waals surface area contributed by atoms with E-state index in [1.807, 2.05) is 19.9 Å². The van der Waals surface area contributed by atoms with Gasteiger partial charge in [-0.05, 0) is 43.7 Å². The Labute approximate surface area is 111 Å². The smallest absolute Gasteiger partial charge is 0.144 e. The third kappa shape index (κ3) is 3.08. The zero-order valence-corrected chi connectivity index (χ0v) is 10.8. The first-order valence-electron chi connectivity index (χ1n) is 6.00. The van der Waals surface area contributed by atoms with Crippen molar-refractivity contribution < 1.29 is 4.39 Å². The van der Waals surface area contributed by atoms with Crippen LogP contribution < -0.4 is 5.32 Å². The fourth-order valence-corrected chi connectivity index (χ4v) is 1.82. The Morgan fingerprint density at radius 3 is 2.79 bits per heavy atom. The van der Waals surface area contributed by atoms with Gasteiger partial charge in [0.2, 0.25) is 0 Å². The Morgan fingerprint density at radius 1 is 1.32 bits per heavy atom. The quantitative estimate of drug-likeness (QED) is 0.912. The number of halogens is 1. The number of anilines is 1. The number of nitrogens with one attached hydrogen (secondary N) is 1. The van der Waals surface area contributed by atoms with E-state index in [9.17, 15) is 4.39 Å². The zero-order chi connectivity index (χ0) is 13.8. The van der Waals surface area contributed by atoms with Gasteiger partial charge in [0.15, 0.2) is 0 Å². The summed E-state index contributed by atoms with van der Waals surface area (Å²) in [6.07, 6.45) is 0. The van der Waals surface area contributed by atoms with Crippen LogP contribution in [0.1, 0.15) is 29.8 Å². The van der Waals surface area contributed by atoms with Crippen molar-refractivity contribution in [2.75, 3.05) is 5.32 Å². The first-order valence-corrected chi connectivity index (χ1v) is 6.00. The Balaban J connectivity index is 2.26. The third-order valence-electron chi connectivity index (χ3n) is 2.86. The maximum Gasteiger partial charge on any atom is 0.144 e. The third-order valence-corrected chi connectivity index (χ3v) is 2.86. The zero-order valence-electron chi connectivity index (χ0n) is 10.8. The van der Waals surface area contributed by atoms with Crippen molar-refractivity contribution in [2.24, 2.45) is 0 Å². The molecule has 1 aromatic heterocycles. The van der Waals surface area contributed by atoms with E-state index in [2.05, 4.69) is 16.4 Å². The van der Waals surface area contributed by atoms with E-state index in [4.69, 9.17) is 5.26 Å². The molecule has 1 heterocycles. The lowest BCUT2D eigenvalue weighted by Crippen LogP contribution is -2.10. The molecule has 0 saturated heterocycles. The van der Waals surface area contributed by atoms with E-state index in [1.54, 1.807) is 18.2 Å². The van der Waals surface area contributed by atoms with Gasteiger partial charge in [-0.2, -0.15) is 5.26 Å². The first-order chi connectivity index (χ1) is 9.10. The summed E-state index contributed by atoms with van der Waals surface area (Å²) in [7, 11) is 0. The molecule has 19 heavy (non-hydrogen) atoms. The van der Waals surface area contributed by atoms with Gasteiger partial charge < -0.3 is 5.32 Å². The second-order valence-electron chi connectivity index (χ2n) is 4.38. The first kappa shape index (κ1) is 13.0. The molecule has 2 rings (SSSR count). The van der Waals surface area contributed by atoms with Crippen LogP contribution in [0.5, 0.6) is 0 Å². The molecule has 0 aliphatic heterocycles. The van der Waals surface area contributed by atoms with Gasteiger partial charge >= 0.3 is 0 Å². The van der Waals surface area contributed by atoms with E-state index in [1.165, 1.54) is 12.1 Å². The maximum absolute atomic E-state index is 13.2. The fraction of sp³-hybridized carbons (Fsp3) is 0.200. The molecule has 2 aromatic rings. The normalized spacial score (nSPS) is 11.7. The van der Waals surface area contributed by atoms with Gasteiger partial charge in [0.25, 0.3) is 0 Å². The number of aryl methyl sites for hydroxylation is 1. The predicted octanol–water partition coefficient (Wildman–Crippen LogP) is 3.57. The van der Waals surface area contributed by atoms with Crippen LogP contribution in [0.25, 0.3) is 0 Å². The minimum absolute atomic E-state index is 0.128. The summed E-state index contributed by atoms with van der Waals surface area (Å²) in [5.41, 5.74) is 2.12. The molecule has 0 fully saturated rings. The van der Waals surface area contributed by atoms with Gasteiger partial charge in [0.05, 0.1) is 11.6 Å². The number of hydrogen-bond donors (Lipinski definition) is 1. The van der Waals surface area contributed by atoms with Crippen molar-refractivity contribution in [3.63, 3.8) is 0 Å². The predicted molar refractivity (Wildman–Crippen MR) is 72.1 cm³/mol. The lowest BCUT2D eigenvalue weighted by molar-refractivity contribution is 0.623. The summed E-state index contributed by atoms with van der Waals surface area (Å²) in [5, 5.41) is 12.2. The summed E-state index contributed by atoms with van der Waals surface area (Å²) in [5.74, 6) is 0.253. The summed E-state index contributed by atoms with van der Waals surface area (Å²) in [6, 6.07) is 11.9. The monoisotopic (exact) mass is 255 g/mol. The van der Waals surface area contributed by atoms with Crippen molar-refractivity contribution in [3.05, 3.63) is 59.0 Å². The summed E-state index contributed by atoms with van der Waals surface area (Å²) in [6.45, 7) is 3.76. The summed E-state index contributed by atoms with van der Waals surface area (Å²) >= 11 is 0. The van der Waals surface area contributed by atoms with Crippen molar-refractivity contribution in [2.45, 2.75) is 19.9 Å². The second-order valence-corrected chi connectivity index (χ2v) is 4.38. The van der Waals surface area contributed by atoms with Crippen LogP contribution in [0.4, 0.5) is 10.2 Å². The van der Waals surface area contributed by atoms with Gasteiger partial charge in [0.1, 0.15) is 17.7 Å². The molecule has 96 valence electrons. The highest BCUT2D eigenvalue weighted by molar-refractivity contribution is 5.53. The van der Waals surface area contributed by atoms with E-state index in [-0.39, 0.29) is 11.9 Å². The van der Waals surface area contributed by atoms with Gasteiger partial charge in [-0.1, -0.05) is 12.1 Å². The average molecular weight is 255 g/mol. The van der Waals surface area contributed by atoms with E-state index in [0.29, 0.717) is 11.4 Å². The second kappa shape index (κ2) is 5.49. The number of rotatable bonds is 3. The lowest BCUT2D eigenvalue weighted by atomic mass is 10.1. The molecule has 0 bridgehead atoms. The fourth-order valence-electron chi connectivity index (χ4n) is 1.82. The molecule has 4 heteroatoms. The molecule has 1 aromatic carbocycles. The SMILES string of the molecule is Cc1ccc(C#N)c(NC(C)c2cccc(F)c2)n1. The van der Waals surface area contributed by atoms with Crippen LogP contribution in [0.3, 0.4) is 0 Å². The number of hydrogen-bond acceptors (Lipinski definition) is 3. The van der Waals surface area contributed by atoms with Crippen molar-refractivity contribution in [1.82, 2.24) is 4.98 Å². The Bertz CT molecular complexity index is 632. The van der Waals surface area contributed by atoms with Crippen LogP contribution in [-0.4, -0.2) is 4.98 Å². The molecule has 0 amide bonds. The molecule has 1 N–H and O–H groups in total.